The highest BCUT2D eigenvalue weighted by molar-refractivity contribution is 5.23. The fraction of sp³-hybridized carbons (Fsp3) is 0.538. The summed E-state index contributed by atoms with van der Waals surface area (Å²) in [5, 5.41) is 14.4. The summed E-state index contributed by atoms with van der Waals surface area (Å²) in [6.45, 7) is 7.02. The molecule has 2 atom stereocenters. The molecule has 6 heteroatoms. The topological polar surface area (TPSA) is 76.1 Å². The Kier molecular flexibility index (Phi) is 4.57. The van der Waals surface area contributed by atoms with Gasteiger partial charge in [-0.1, -0.05) is 12.0 Å². The van der Waals surface area contributed by atoms with Crippen LogP contribution in [0.4, 0.5) is 6.01 Å². The van der Waals surface area contributed by atoms with Crippen molar-refractivity contribution >= 4 is 6.01 Å². The summed E-state index contributed by atoms with van der Waals surface area (Å²) in [5.41, 5.74) is 0. The summed E-state index contributed by atoms with van der Waals surface area (Å²) < 4.78 is 10.9. The third-order valence-electron chi connectivity index (χ3n) is 2.82. The van der Waals surface area contributed by atoms with Crippen molar-refractivity contribution in [1.29, 1.82) is 0 Å². The zero-order chi connectivity index (χ0) is 13.7. The van der Waals surface area contributed by atoms with E-state index in [2.05, 4.69) is 27.8 Å². The maximum atomic E-state index is 5.57. The second-order valence-electron chi connectivity index (χ2n) is 4.50. The summed E-state index contributed by atoms with van der Waals surface area (Å²) in [4.78, 5) is 0. The number of rotatable bonds is 7. The van der Waals surface area contributed by atoms with E-state index in [0.29, 0.717) is 11.9 Å². The minimum absolute atomic E-state index is 0.0118. The average molecular weight is 264 g/mol. The lowest BCUT2D eigenvalue weighted by Crippen LogP contribution is -2.19. The van der Waals surface area contributed by atoms with Gasteiger partial charge in [-0.15, -0.1) is 5.10 Å². The Morgan fingerprint density at radius 2 is 2.11 bits per heavy atom. The molecule has 0 radical (unpaired) electrons. The minimum Gasteiger partial charge on any atom is -0.467 e. The lowest BCUT2D eigenvalue weighted by molar-refractivity contribution is 0.418. The molecule has 2 unspecified atom stereocenters. The van der Waals surface area contributed by atoms with E-state index in [0.717, 1.165) is 18.7 Å². The minimum atomic E-state index is -0.0118. The van der Waals surface area contributed by atoms with E-state index in [4.69, 9.17) is 8.83 Å². The van der Waals surface area contributed by atoms with Crippen LogP contribution in [0.1, 0.15) is 50.9 Å². The van der Waals surface area contributed by atoms with E-state index in [1.807, 2.05) is 26.0 Å². The van der Waals surface area contributed by atoms with Crippen molar-refractivity contribution in [3.8, 4) is 0 Å². The summed E-state index contributed by atoms with van der Waals surface area (Å²) in [5.74, 6) is 1.42. The molecular formula is C13H20N4O2. The molecule has 19 heavy (non-hydrogen) atoms. The van der Waals surface area contributed by atoms with Gasteiger partial charge in [0.05, 0.1) is 18.3 Å². The molecule has 2 N–H and O–H groups in total. The Morgan fingerprint density at radius 3 is 2.79 bits per heavy atom. The Bertz CT molecular complexity index is 481. The molecule has 0 saturated heterocycles. The molecule has 0 aliphatic rings. The number of furan rings is 1. The zero-order valence-electron chi connectivity index (χ0n) is 11.5. The van der Waals surface area contributed by atoms with Crippen molar-refractivity contribution in [2.75, 3.05) is 11.9 Å². The van der Waals surface area contributed by atoms with E-state index < -0.39 is 0 Å². The van der Waals surface area contributed by atoms with Crippen LogP contribution >= 0.6 is 0 Å². The maximum absolute atomic E-state index is 5.57. The van der Waals surface area contributed by atoms with Crippen molar-refractivity contribution in [2.45, 2.75) is 39.3 Å². The SMILES string of the molecule is CCCNC(C)c1nnc(NC(C)c2ccco2)o1. The van der Waals surface area contributed by atoms with Crippen LogP contribution in [0.3, 0.4) is 0 Å². The number of anilines is 1. The molecule has 0 fully saturated rings. The number of aromatic nitrogens is 2. The van der Waals surface area contributed by atoms with Gasteiger partial charge in [0.15, 0.2) is 0 Å². The Morgan fingerprint density at radius 1 is 1.26 bits per heavy atom. The van der Waals surface area contributed by atoms with Gasteiger partial charge in [0.25, 0.3) is 0 Å². The van der Waals surface area contributed by atoms with E-state index in [9.17, 15) is 0 Å². The number of hydrogen-bond donors (Lipinski definition) is 2. The molecule has 104 valence electrons. The predicted octanol–water partition coefficient (Wildman–Crippen LogP) is 2.90. The van der Waals surface area contributed by atoms with Crippen molar-refractivity contribution in [2.24, 2.45) is 0 Å². The van der Waals surface area contributed by atoms with Gasteiger partial charge >= 0.3 is 6.01 Å². The smallest absolute Gasteiger partial charge is 0.316 e. The Balaban J connectivity index is 1.93. The van der Waals surface area contributed by atoms with E-state index in [-0.39, 0.29) is 12.1 Å². The second-order valence-corrected chi connectivity index (χ2v) is 4.50. The van der Waals surface area contributed by atoms with Gasteiger partial charge in [-0.05, 0) is 38.9 Å². The van der Waals surface area contributed by atoms with Crippen LogP contribution in [0.2, 0.25) is 0 Å². The standard InChI is InChI=1S/C13H20N4O2/c1-4-7-14-10(3)12-16-17-13(19-12)15-9(2)11-6-5-8-18-11/h5-6,8-10,14H,4,7H2,1-3H3,(H,15,17). The molecule has 0 aliphatic carbocycles. The van der Waals surface area contributed by atoms with E-state index in [1.54, 1.807) is 6.26 Å². The van der Waals surface area contributed by atoms with Crippen LogP contribution in [0.15, 0.2) is 27.2 Å². The van der Waals surface area contributed by atoms with Crippen LogP contribution in [-0.4, -0.2) is 16.7 Å². The van der Waals surface area contributed by atoms with Crippen LogP contribution in [0.5, 0.6) is 0 Å². The maximum Gasteiger partial charge on any atom is 0.316 e. The molecule has 0 bridgehead atoms. The van der Waals surface area contributed by atoms with Crippen LogP contribution < -0.4 is 10.6 Å². The Labute approximate surface area is 112 Å². The highest BCUT2D eigenvalue weighted by Crippen LogP contribution is 2.20. The summed E-state index contributed by atoms with van der Waals surface area (Å²) in [6.07, 6.45) is 2.71. The first-order chi connectivity index (χ1) is 9.20. The van der Waals surface area contributed by atoms with Crippen LogP contribution in [0, 0.1) is 0 Å². The second kappa shape index (κ2) is 6.38. The van der Waals surface area contributed by atoms with Gasteiger partial charge in [-0.25, -0.2) is 0 Å². The van der Waals surface area contributed by atoms with Gasteiger partial charge in [-0.2, -0.15) is 0 Å². The van der Waals surface area contributed by atoms with Gasteiger partial charge < -0.3 is 19.5 Å². The van der Waals surface area contributed by atoms with Gasteiger partial charge in [0.2, 0.25) is 5.89 Å². The van der Waals surface area contributed by atoms with Crippen molar-refractivity contribution in [3.63, 3.8) is 0 Å². The zero-order valence-corrected chi connectivity index (χ0v) is 11.5. The Hall–Kier alpha value is -1.82. The van der Waals surface area contributed by atoms with Gasteiger partial charge in [-0.3, -0.25) is 0 Å². The normalized spacial score (nSPS) is 14.3. The lowest BCUT2D eigenvalue weighted by Gasteiger charge is -2.09. The third kappa shape index (κ3) is 3.57. The molecular weight excluding hydrogens is 244 g/mol. The average Bonchev–Trinajstić information content (AvgIpc) is 3.06. The molecule has 2 heterocycles. The number of nitrogens with zero attached hydrogens (tertiary/aromatic N) is 2. The van der Waals surface area contributed by atoms with Crippen LogP contribution in [-0.2, 0) is 0 Å². The first kappa shape index (κ1) is 13.6. The molecule has 2 aromatic rings. The number of hydrogen-bond acceptors (Lipinski definition) is 6. The quantitative estimate of drug-likeness (QED) is 0.800. The first-order valence-electron chi connectivity index (χ1n) is 6.57. The number of nitrogens with one attached hydrogen (secondary N) is 2. The summed E-state index contributed by atoms with van der Waals surface area (Å²) in [6, 6.07) is 4.21. The molecule has 0 spiro atoms. The molecule has 0 aliphatic heterocycles. The fourth-order valence-electron chi connectivity index (χ4n) is 1.71. The third-order valence-corrected chi connectivity index (χ3v) is 2.82. The molecule has 0 saturated carbocycles. The highest BCUT2D eigenvalue weighted by atomic mass is 16.4. The summed E-state index contributed by atoms with van der Waals surface area (Å²) >= 11 is 0. The van der Waals surface area contributed by atoms with Crippen molar-refractivity contribution in [1.82, 2.24) is 15.5 Å². The predicted molar refractivity (Wildman–Crippen MR) is 71.8 cm³/mol. The van der Waals surface area contributed by atoms with Crippen LogP contribution in [0.25, 0.3) is 0 Å². The highest BCUT2D eigenvalue weighted by Gasteiger charge is 2.15. The monoisotopic (exact) mass is 264 g/mol. The first-order valence-corrected chi connectivity index (χ1v) is 6.57. The van der Waals surface area contributed by atoms with Crippen molar-refractivity contribution in [3.05, 3.63) is 30.0 Å². The van der Waals surface area contributed by atoms with E-state index in [1.165, 1.54) is 0 Å². The fourth-order valence-corrected chi connectivity index (χ4v) is 1.71. The largest absolute Gasteiger partial charge is 0.467 e. The van der Waals surface area contributed by atoms with Crippen molar-refractivity contribution < 1.29 is 8.83 Å². The summed E-state index contributed by atoms with van der Waals surface area (Å²) in [7, 11) is 0. The lowest BCUT2D eigenvalue weighted by atomic mass is 10.3. The molecule has 2 aromatic heterocycles. The van der Waals surface area contributed by atoms with E-state index >= 15 is 0 Å². The van der Waals surface area contributed by atoms with Gasteiger partial charge in [0, 0.05) is 0 Å². The molecule has 2 rings (SSSR count). The molecule has 0 aromatic carbocycles. The molecule has 6 nitrogen and oxygen atoms in total. The molecule has 0 amide bonds. The van der Waals surface area contributed by atoms with Gasteiger partial charge in [0.1, 0.15) is 5.76 Å².